The lowest BCUT2D eigenvalue weighted by atomic mass is 9.74. The summed E-state index contributed by atoms with van der Waals surface area (Å²) in [7, 11) is 0. The van der Waals surface area contributed by atoms with Crippen molar-refractivity contribution in [1.29, 1.82) is 0 Å². The summed E-state index contributed by atoms with van der Waals surface area (Å²) in [5, 5.41) is 12.3. The Labute approximate surface area is 146 Å². The lowest BCUT2D eigenvalue weighted by Gasteiger charge is -2.33. The highest BCUT2D eigenvalue weighted by Crippen LogP contribution is 2.36. The maximum absolute atomic E-state index is 12.3. The van der Waals surface area contributed by atoms with E-state index in [1.165, 1.54) is 0 Å². The number of carboxylic acid groups (broad SMARTS) is 1. The van der Waals surface area contributed by atoms with Crippen LogP contribution in [0.25, 0.3) is 0 Å². The highest BCUT2D eigenvalue weighted by atomic mass is 127. The van der Waals surface area contributed by atoms with Gasteiger partial charge in [-0.25, -0.2) is 0 Å². The van der Waals surface area contributed by atoms with Gasteiger partial charge in [0.15, 0.2) is 0 Å². The number of aliphatic carboxylic acids is 1. The van der Waals surface area contributed by atoms with Crippen molar-refractivity contribution in [3.8, 4) is 0 Å². The van der Waals surface area contributed by atoms with Gasteiger partial charge in [0.05, 0.1) is 11.0 Å². The molecule has 0 bridgehead atoms. The number of hydrogen-bond donors (Lipinski definition) is 2. The zero-order valence-corrected chi connectivity index (χ0v) is 15.2. The molecule has 2 N–H and O–H groups in total. The zero-order chi connectivity index (χ0) is 15.5. The molecule has 1 amide bonds. The number of carbonyl (C=O) groups is 2. The van der Waals surface area contributed by atoms with Gasteiger partial charge in [-0.2, -0.15) is 0 Å². The summed E-state index contributed by atoms with van der Waals surface area (Å²) in [5.41, 5.74) is -0.263. The molecule has 6 heteroatoms. The molecule has 1 aliphatic carbocycles. The van der Waals surface area contributed by atoms with Gasteiger partial charge in [0.25, 0.3) is 5.91 Å². The highest BCUT2D eigenvalue weighted by Gasteiger charge is 2.39. The Bertz CT molecular complexity index is 556. The average Bonchev–Trinajstić information content (AvgIpc) is 2.48. The molecule has 0 aliphatic heterocycles. The number of nitrogens with one attached hydrogen (secondary N) is 1. The maximum Gasteiger partial charge on any atom is 0.311 e. The Morgan fingerprint density at radius 3 is 2.57 bits per heavy atom. The van der Waals surface area contributed by atoms with Crippen LogP contribution in [0.1, 0.15) is 42.5 Å². The third kappa shape index (κ3) is 3.97. The van der Waals surface area contributed by atoms with E-state index in [4.69, 9.17) is 0 Å². The van der Waals surface area contributed by atoms with Gasteiger partial charge >= 0.3 is 5.97 Å². The summed E-state index contributed by atoms with van der Waals surface area (Å²) < 4.78 is 1.68. The number of rotatable bonds is 4. The van der Waals surface area contributed by atoms with Gasteiger partial charge in [0.1, 0.15) is 0 Å². The molecule has 2 rings (SSSR count). The van der Waals surface area contributed by atoms with Crippen LogP contribution in [0.5, 0.6) is 0 Å². The molecule has 0 aromatic heterocycles. The Kier molecular flexibility index (Phi) is 5.65. The van der Waals surface area contributed by atoms with Crippen LogP contribution in [0.3, 0.4) is 0 Å². The van der Waals surface area contributed by atoms with Crippen molar-refractivity contribution in [3.05, 3.63) is 31.8 Å². The highest BCUT2D eigenvalue weighted by molar-refractivity contribution is 14.1. The van der Waals surface area contributed by atoms with E-state index < -0.39 is 11.4 Å². The maximum atomic E-state index is 12.3. The molecular weight excluding hydrogens is 449 g/mol. The molecule has 0 saturated heterocycles. The van der Waals surface area contributed by atoms with E-state index in [0.717, 1.165) is 22.8 Å². The Balaban J connectivity index is 2.08. The van der Waals surface area contributed by atoms with Gasteiger partial charge in [0.2, 0.25) is 0 Å². The first kappa shape index (κ1) is 16.7. The van der Waals surface area contributed by atoms with E-state index in [-0.39, 0.29) is 12.5 Å². The molecule has 0 spiro atoms. The summed E-state index contributed by atoms with van der Waals surface area (Å²) in [6.45, 7) is 0.194. The monoisotopic (exact) mass is 465 g/mol. The Morgan fingerprint density at radius 2 is 1.95 bits per heavy atom. The molecule has 21 heavy (non-hydrogen) atoms. The fourth-order valence-corrected chi connectivity index (χ4v) is 3.63. The summed E-state index contributed by atoms with van der Waals surface area (Å²) in [6, 6.07) is 5.51. The van der Waals surface area contributed by atoms with Crippen LogP contribution in [0.15, 0.2) is 22.7 Å². The van der Waals surface area contributed by atoms with Gasteiger partial charge < -0.3 is 10.4 Å². The summed E-state index contributed by atoms with van der Waals surface area (Å²) in [6.07, 6.45) is 4.17. The predicted octanol–water partition coefficient (Wildman–Crippen LogP) is 3.82. The van der Waals surface area contributed by atoms with Crippen LogP contribution in [0.4, 0.5) is 0 Å². The molecule has 0 heterocycles. The number of hydrogen-bond acceptors (Lipinski definition) is 2. The van der Waals surface area contributed by atoms with Crippen molar-refractivity contribution in [2.75, 3.05) is 6.54 Å². The van der Waals surface area contributed by atoms with Gasteiger partial charge in [-0.1, -0.05) is 19.3 Å². The minimum absolute atomic E-state index is 0.194. The number of amides is 1. The lowest BCUT2D eigenvalue weighted by molar-refractivity contribution is -0.150. The van der Waals surface area contributed by atoms with E-state index >= 15 is 0 Å². The van der Waals surface area contributed by atoms with Crippen molar-refractivity contribution in [1.82, 2.24) is 5.32 Å². The van der Waals surface area contributed by atoms with Crippen molar-refractivity contribution in [2.45, 2.75) is 32.1 Å². The molecule has 1 aromatic carbocycles. The second-order valence-electron chi connectivity index (χ2n) is 5.45. The van der Waals surface area contributed by atoms with Crippen LogP contribution >= 0.6 is 38.5 Å². The van der Waals surface area contributed by atoms with Crippen LogP contribution in [0.2, 0.25) is 0 Å². The first-order valence-electron chi connectivity index (χ1n) is 6.91. The first-order valence-corrected chi connectivity index (χ1v) is 8.78. The minimum atomic E-state index is -0.803. The average molecular weight is 466 g/mol. The van der Waals surface area contributed by atoms with Crippen LogP contribution in [-0.4, -0.2) is 23.5 Å². The van der Waals surface area contributed by atoms with Crippen molar-refractivity contribution >= 4 is 50.4 Å². The van der Waals surface area contributed by atoms with Crippen LogP contribution in [0, 0.1) is 8.99 Å². The molecule has 0 radical (unpaired) electrons. The van der Waals surface area contributed by atoms with Crippen molar-refractivity contribution in [2.24, 2.45) is 5.41 Å². The summed E-state index contributed by atoms with van der Waals surface area (Å²) in [4.78, 5) is 23.9. The normalized spacial score (nSPS) is 17.2. The van der Waals surface area contributed by atoms with Crippen LogP contribution < -0.4 is 5.32 Å². The smallest absolute Gasteiger partial charge is 0.311 e. The van der Waals surface area contributed by atoms with Crippen LogP contribution in [-0.2, 0) is 4.79 Å². The number of carboxylic acids is 1. The second kappa shape index (κ2) is 7.09. The summed E-state index contributed by atoms with van der Waals surface area (Å²) >= 11 is 5.50. The quantitative estimate of drug-likeness (QED) is 0.664. The molecule has 0 unspecified atom stereocenters. The fraction of sp³-hybridized carbons (Fsp3) is 0.467. The SMILES string of the molecule is O=C(NCC1(C(=O)O)CCCCC1)c1cc(I)ccc1Br. The fourth-order valence-electron chi connectivity index (χ4n) is 2.71. The number of halogens is 2. The second-order valence-corrected chi connectivity index (χ2v) is 7.55. The molecule has 1 saturated carbocycles. The molecule has 114 valence electrons. The van der Waals surface area contributed by atoms with Gasteiger partial charge in [-0.3, -0.25) is 9.59 Å². The van der Waals surface area contributed by atoms with Gasteiger partial charge in [-0.05, 0) is 69.6 Å². The van der Waals surface area contributed by atoms with E-state index in [1.807, 2.05) is 12.1 Å². The van der Waals surface area contributed by atoms with E-state index in [0.29, 0.717) is 22.9 Å². The third-order valence-electron chi connectivity index (χ3n) is 4.02. The summed E-state index contributed by atoms with van der Waals surface area (Å²) in [5.74, 6) is -1.03. The first-order chi connectivity index (χ1) is 9.94. The van der Waals surface area contributed by atoms with E-state index in [9.17, 15) is 14.7 Å². The molecular formula is C15H17BrINO3. The standard InChI is InChI=1S/C15H17BrINO3/c16-12-5-4-10(17)8-11(12)13(19)18-9-15(14(20)21)6-2-1-3-7-15/h4-5,8H,1-3,6-7,9H2,(H,18,19)(H,20,21). The van der Waals surface area contributed by atoms with Crippen molar-refractivity contribution in [3.63, 3.8) is 0 Å². The van der Waals surface area contributed by atoms with Crippen molar-refractivity contribution < 1.29 is 14.7 Å². The molecule has 4 nitrogen and oxygen atoms in total. The third-order valence-corrected chi connectivity index (χ3v) is 5.39. The zero-order valence-electron chi connectivity index (χ0n) is 11.5. The topological polar surface area (TPSA) is 66.4 Å². The van der Waals surface area contributed by atoms with Gasteiger partial charge in [-0.15, -0.1) is 0 Å². The Hall–Kier alpha value is -0.630. The van der Waals surface area contributed by atoms with Gasteiger partial charge in [0, 0.05) is 14.6 Å². The number of benzene rings is 1. The number of carbonyl (C=O) groups excluding carboxylic acids is 1. The minimum Gasteiger partial charge on any atom is -0.481 e. The largest absolute Gasteiger partial charge is 0.481 e. The molecule has 1 fully saturated rings. The van der Waals surface area contributed by atoms with E-state index in [2.05, 4.69) is 43.8 Å². The van der Waals surface area contributed by atoms with E-state index in [1.54, 1.807) is 6.07 Å². The molecule has 1 aliphatic rings. The Morgan fingerprint density at radius 1 is 1.29 bits per heavy atom. The predicted molar refractivity (Wildman–Crippen MR) is 92.3 cm³/mol. The lowest BCUT2D eigenvalue weighted by Crippen LogP contribution is -2.44. The molecule has 1 aromatic rings. The molecule has 0 atom stereocenters.